The van der Waals surface area contributed by atoms with Crippen LogP contribution in [0.2, 0.25) is 0 Å². The normalized spacial score (nSPS) is 23.1. The van der Waals surface area contributed by atoms with Gasteiger partial charge in [-0.05, 0) is 26.3 Å². The number of aromatic nitrogens is 3. The molecule has 5 nitrogen and oxygen atoms in total. The number of rotatable bonds is 5. The first-order chi connectivity index (χ1) is 8.22. The number of likely N-dealkylation sites (tertiary alicyclic amines) is 1. The van der Waals surface area contributed by atoms with E-state index in [-0.39, 0.29) is 0 Å². The highest BCUT2D eigenvalue weighted by molar-refractivity contribution is 4.96. The first kappa shape index (κ1) is 12.5. The van der Waals surface area contributed by atoms with E-state index in [4.69, 9.17) is 0 Å². The lowest BCUT2D eigenvalue weighted by molar-refractivity contribution is 0.242. The van der Waals surface area contributed by atoms with Gasteiger partial charge in [0.25, 0.3) is 0 Å². The molecule has 1 aromatic rings. The van der Waals surface area contributed by atoms with Crippen molar-refractivity contribution < 1.29 is 0 Å². The molecular weight excluding hydrogens is 214 g/mol. The molecule has 1 saturated heterocycles. The van der Waals surface area contributed by atoms with E-state index >= 15 is 0 Å². The summed E-state index contributed by atoms with van der Waals surface area (Å²) in [5.74, 6) is 1.06. The third kappa shape index (κ3) is 2.84. The molecule has 1 aromatic heterocycles. The van der Waals surface area contributed by atoms with Gasteiger partial charge in [0.2, 0.25) is 0 Å². The molecule has 0 spiro atoms. The Bertz CT molecular complexity index is 348. The highest BCUT2D eigenvalue weighted by Gasteiger charge is 2.28. The number of nitrogens with one attached hydrogen (secondary N) is 1. The summed E-state index contributed by atoms with van der Waals surface area (Å²) >= 11 is 0. The van der Waals surface area contributed by atoms with Crippen LogP contribution in [0.25, 0.3) is 0 Å². The quantitative estimate of drug-likeness (QED) is 0.828. The van der Waals surface area contributed by atoms with Crippen LogP contribution in [0.1, 0.15) is 38.6 Å². The zero-order valence-electron chi connectivity index (χ0n) is 11.1. The molecule has 0 aliphatic carbocycles. The minimum absolute atomic E-state index is 0.357. The molecule has 0 aromatic carbocycles. The molecular formula is C12H23N5. The standard InChI is InChI=1S/C12H23N5/c1-4-6-13-11-5-7-17(8-11)10(2)12-15-14-9-16(12)3/h9-11,13H,4-8H2,1-3H3. The van der Waals surface area contributed by atoms with Crippen LogP contribution in [0.4, 0.5) is 0 Å². The molecule has 0 radical (unpaired) electrons. The third-order valence-corrected chi connectivity index (χ3v) is 3.57. The molecule has 5 heteroatoms. The van der Waals surface area contributed by atoms with Gasteiger partial charge < -0.3 is 9.88 Å². The molecule has 17 heavy (non-hydrogen) atoms. The summed E-state index contributed by atoms with van der Waals surface area (Å²) in [4.78, 5) is 2.48. The predicted octanol–water partition coefficient (Wildman–Crippen LogP) is 0.950. The number of hydrogen-bond acceptors (Lipinski definition) is 4. The van der Waals surface area contributed by atoms with Crippen LogP contribution in [-0.4, -0.2) is 45.3 Å². The van der Waals surface area contributed by atoms with Crippen LogP contribution in [0.15, 0.2) is 6.33 Å². The minimum atomic E-state index is 0.357. The molecule has 1 aliphatic rings. The first-order valence-corrected chi connectivity index (χ1v) is 6.53. The van der Waals surface area contributed by atoms with Crippen molar-refractivity contribution >= 4 is 0 Å². The Kier molecular flexibility index (Phi) is 4.12. The maximum Gasteiger partial charge on any atom is 0.149 e. The average molecular weight is 237 g/mol. The van der Waals surface area contributed by atoms with Crippen molar-refractivity contribution in [3.63, 3.8) is 0 Å². The maximum atomic E-state index is 4.20. The summed E-state index contributed by atoms with van der Waals surface area (Å²) in [5, 5.41) is 11.7. The summed E-state index contributed by atoms with van der Waals surface area (Å²) < 4.78 is 2.01. The van der Waals surface area contributed by atoms with E-state index in [9.17, 15) is 0 Å². The van der Waals surface area contributed by atoms with Crippen molar-refractivity contribution in [3.05, 3.63) is 12.2 Å². The van der Waals surface area contributed by atoms with Gasteiger partial charge in [-0.15, -0.1) is 10.2 Å². The van der Waals surface area contributed by atoms with Gasteiger partial charge in [0, 0.05) is 26.2 Å². The second-order valence-electron chi connectivity index (χ2n) is 4.91. The minimum Gasteiger partial charge on any atom is -0.319 e. The van der Waals surface area contributed by atoms with E-state index in [1.807, 2.05) is 11.6 Å². The Morgan fingerprint density at radius 2 is 2.41 bits per heavy atom. The number of nitrogens with zero attached hydrogens (tertiary/aromatic N) is 4. The molecule has 96 valence electrons. The van der Waals surface area contributed by atoms with Gasteiger partial charge in [0.05, 0.1) is 6.04 Å². The van der Waals surface area contributed by atoms with Crippen LogP contribution in [0, 0.1) is 0 Å². The van der Waals surface area contributed by atoms with Gasteiger partial charge in [-0.1, -0.05) is 6.92 Å². The molecule has 2 heterocycles. The molecule has 0 bridgehead atoms. The smallest absolute Gasteiger partial charge is 0.149 e. The van der Waals surface area contributed by atoms with Gasteiger partial charge in [0.1, 0.15) is 12.2 Å². The number of aryl methyl sites for hydroxylation is 1. The Balaban J connectivity index is 1.90. The van der Waals surface area contributed by atoms with Crippen LogP contribution in [0.5, 0.6) is 0 Å². The third-order valence-electron chi connectivity index (χ3n) is 3.57. The van der Waals surface area contributed by atoms with E-state index < -0.39 is 0 Å². The van der Waals surface area contributed by atoms with Crippen molar-refractivity contribution in [2.45, 2.75) is 38.8 Å². The second kappa shape index (κ2) is 5.60. The molecule has 2 rings (SSSR count). The zero-order valence-corrected chi connectivity index (χ0v) is 11.1. The van der Waals surface area contributed by atoms with Crippen molar-refractivity contribution in [3.8, 4) is 0 Å². The highest BCUT2D eigenvalue weighted by atomic mass is 15.3. The van der Waals surface area contributed by atoms with Crippen molar-refractivity contribution in [2.24, 2.45) is 7.05 Å². The molecule has 1 N–H and O–H groups in total. The van der Waals surface area contributed by atoms with Gasteiger partial charge in [-0.25, -0.2) is 0 Å². The van der Waals surface area contributed by atoms with E-state index in [0.717, 1.165) is 25.5 Å². The van der Waals surface area contributed by atoms with Crippen LogP contribution < -0.4 is 5.32 Å². The lowest BCUT2D eigenvalue weighted by Gasteiger charge is -2.23. The van der Waals surface area contributed by atoms with Gasteiger partial charge in [0.15, 0.2) is 0 Å². The van der Waals surface area contributed by atoms with Crippen molar-refractivity contribution in [1.82, 2.24) is 25.0 Å². The van der Waals surface area contributed by atoms with Crippen LogP contribution >= 0.6 is 0 Å². The Morgan fingerprint density at radius 1 is 1.59 bits per heavy atom. The summed E-state index contributed by atoms with van der Waals surface area (Å²) in [6.45, 7) is 7.81. The summed E-state index contributed by atoms with van der Waals surface area (Å²) in [7, 11) is 2.01. The Labute approximate surface area is 103 Å². The largest absolute Gasteiger partial charge is 0.319 e. The van der Waals surface area contributed by atoms with Crippen molar-refractivity contribution in [1.29, 1.82) is 0 Å². The summed E-state index contributed by atoms with van der Waals surface area (Å²) in [6, 6.07) is 1.00. The van der Waals surface area contributed by atoms with Gasteiger partial charge in [-0.3, -0.25) is 4.90 Å². The van der Waals surface area contributed by atoms with Crippen LogP contribution in [-0.2, 0) is 7.05 Å². The highest BCUT2D eigenvalue weighted by Crippen LogP contribution is 2.22. The topological polar surface area (TPSA) is 46.0 Å². The van der Waals surface area contributed by atoms with Gasteiger partial charge in [-0.2, -0.15) is 0 Å². The Hall–Kier alpha value is -0.940. The van der Waals surface area contributed by atoms with E-state index in [1.165, 1.54) is 12.8 Å². The monoisotopic (exact) mass is 237 g/mol. The fourth-order valence-corrected chi connectivity index (χ4v) is 2.49. The van der Waals surface area contributed by atoms with Crippen molar-refractivity contribution in [2.75, 3.05) is 19.6 Å². The SMILES string of the molecule is CCCNC1CCN(C(C)c2nncn2C)C1. The molecule has 0 amide bonds. The lowest BCUT2D eigenvalue weighted by Crippen LogP contribution is -2.34. The van der Waals surface area contributed by atoms with Crippen LogP contribution in [0.3, 0.4) is 0 Å². The fourth-order valence-electron chi connectivity index (χ4n) is 2.49. The maximum absolute atomic E-state index is 4.20. The van der Waals surface area contributed by atoms with Gasteiger partial charge >= 0.3 is 0 Å². The molecule has 2 atom stereocenters. The zero-order chi connectivity index (χ0) is 12.3. The first-order valence-electron chi connectivity index (χ1n) is 6.53. The summed E-state index contributed by atoms with van der Waals surface area (Å²) in [6.07, 6.45) is 4.21. The van der Waals surface area contributed by atoms with E-state index in [0.29, 0.717) is 12.1 Å². The second-order valence-corrected chi connectivity index (χ2v) is 4.91. The predicted molar refractivity (Wildman–Crippen MR) is 67.7 cm³/mol. The number of hydrogen-bond donors (Lipinski definition) is 1. The van der Waals surface area contributed by atoms with E-state index in [1.54, 1.807) is 6.33 Å². The Morgan fingerprint density at radius 3 is 3.06 bits per heavy atom. The van der Waals surface area contributed by atoms with E-state index in [2.05, 4.69) is 34.3 Å². The molecule has 2 unspecified atom stereocenters. The summed E-state index contributed by atoms with van der Waals surface area (Å²) in [5.41, 5.74) is 0. The molecule has 1 fully saturated rings. The molecule has 1 aliphatic heterocycles. The molecule has 0 saturated carbocycles. The fraction of sp³-hybridized carbons (Fsp3) is 0.833. The lowest BCUT2D eigenvalue weighted by atomic mass is 10.2. The average Bonchev–Trinajstić information content (AvgIpc) is 2.94.